The number of rotatable bonds is 3. The third-order valence-corrected chi connectivity index (χ3v) is 3.38. The molecule has 0 radical (unpaired) electrons. The SMILES string of the molecule is CCc1nnc(C)cc1C(=O)N1CC(O)CC1C(=O)O. The number of β-amino-alcohol motifs (C(OH)–C–C–N with tert-alkyl or cyclic N) is 1. The lowest BCUT2D eigenvalue weighted by Gasteiger charge is -2.22. The van der Waals surface area contributed by atoms with Gasteiger partial charge in [-0.1, -0.05) is 6.92 Å². The summed E-state index contributed by atoms with van der Waals surface area (Å²) in [4.78, 5) is 24.9. The molecule has 2 heterocycles. The summed E-state index contributed by atoms with van der Waals surface area (Å²) in [5.74, 6) is -1.52. The van der Waals surface area contributed by atoms with Crippen molar-refractivity contribution in [3.63, 3.8) is 0 Å². The Kier molecular flexibility index (Phi) is 3.99. The van der Waals surface area contributed by atoms with Crippen molar-refractivity contribution in [1.82, 2.24) is 15.1 Å². The summed E-state index contributed by atoms with van der Waals surface area (Å²) < 4.78 is 0. The van der Waals surface area contributed by atoms with Gasteiger partial charge >= 0.3 is 5.97 Å². The second kappa shape index (κ2) is 5.54. The minimum absolute atomic E-state index is 0.0281. The normalized spacial score (nSPS) is 22.1. The van der Waals surface area contributed by atoms with Crippen molar-refractivity contribution in [1.29, 1.82) is 0 Å². The smallest absolute Gasteiger partial charge is 0.326 e. The monoisotopic (exact) mass is 279 g/mol. The van der Waals surface area contributed by atoms with E-state index in [-0.39, 0.29) is 13.0 Å². The molecule has 2 atom stereocenters. The quantitative estimate of drug-likeness (QED) is 0.807. The van der Waals surface area contributed by atoms with Crippen molar-refractivity contribution in [2.75, 3.05) is 6.54 Å². The Morgan fingerprint density at radius 3 is 2.75 bits per heavy atom. The van der Waals surface area contributed by atoms with Crippen LogP contribution in [0.1, 0.15) is 35.1 Å². The average Bonchev–Trinajstić information content (AvgIpc) is 2.80. The first-order valence-corrected chi connectivity index (χ1v) is 6.49. The molecule has 1 amide bonds. The molecule has 7 nitrogen and oxygen atoms in total. The van der Waals surface area contributed by atoms with Crippen LogP contribution in [0.25, 0.3) is 0 Å². The van der Waals surface area contributed by atoms with Crippen molar-refractivity contribution in [2.24, 2.45) is 0 Å². The molecule has 1 saturated heterocycles. The standard InChI is InChI=1S/C13H17N3O4/c1-3-10-9(4-7(2)14-15-10)12(18)16-6-8(17)5-11(16)13(19)20/h4,8,11,17H,3,5-6H2,1-2H3,(H,19,20). The van der Waals surface area contributed by atoms with Gasteiger partial charge in [0.15, 0.2) is 0 Å². The van der Waals surface area contributed by atoms with Crippen molar-refractivity contribution in [3.8, 4) is 0 Å². The average molecular weight is 279 g/mol. The number of hydrogen-bond acceptors (Lipinski definition) is 5. The van der Waals surface area contributed by atoms with E-state index in [4.69, 9.17) is 5.11 Å². The maximum absolute atomic E-state index is 12.5. The number of nitrogens with zero attached hydrogens (tertiary/aromatic N) is 3. The van der Waals surface area contributed by atoms with Gasteiger partial charge in [-0.05, 0) is 19.4 Å². The van der Waals surface area contributed by atoms with Gasteiger partial charge in [-0.2, -0.15) is 10.2 Å². The van der Waals surface area contributed by atoms with E-state index in [0.29, 0.717) is 23.4 Å². The molecule has 0 bridgehead atoms. The summed E-state index contributed by atoms with van der Waals surface area (Å²) in [5, 5.41) is 26.6. The number of carboxylic acids is 1. The minimum atomic E-state index is -1.10. The lowest BCUT2D eigenvalue weighted by atomic mass is 10.1. The van der Waals surface area contributed by atoms with Gasteiger partial charge < -0.3 is 15.1 Å². The molecule has 20 heavy (non-hydrogen) atoms. The van der Waals surface area contributed by atoms with Crippen molar-refractivity contribution < 1.29 is 19.8 Å². The van der Waals surface area contributed by atoms with Crippen LogP contribution in [0.5, 0.6) is 0 Å². The van der Waals surface area contributed by atoms with Gasteiger partial charge in [0.1, 0.15) is 6.04 Å². The van der Waals surface area contributed by atoms with Gasteiger partial charge in [-0.25, -0.2) is 4.79 Å². The predicted molar refractivity (Wildman–Crippen MR) is 69.2 cm³/mol. The molecule has 2 rings (SSSR count). The highest BCUT2D eigenvalue weighted by Crippen LogP contribution is 2.22. The van der Waals surface area contributed by atoms with Crippen molar-refractivity contribution >= 4 is 11.9 Å². The molecule has 0 aliphatic carbocycles. The zero-order chi connectivity index (χ0) is 14.9. The second-order valence-electron chi connectivity index (χ2n) is 4.90. The van der Waals surface area contributed by atoms with Gasteiger partial charge in [-0.15, -0.1) is 0 Å². The maximum atomic E-state index is 12.5. The number of aliphatic hydroxyl groups is 1. The van der Waals surface area contributed by atoms with Gasteiger partial charge in [0, 0.05) is 13.0 Å². The van der Waals surface area contributed by atoms with E-state index in [2.05, 4.69) is 10.2 Å². The Hall–Kier alpha value is -2.02. The zero-order valence-corrected chi connectivity index (χ0v) is 11.4. The lowest BCUT2D eigenvalue weighted by Crippen LogP contribution is -2.41. The second-order valence-corrected chi connectivity index (χ2v) is 4.90. The molecular weight excluding hydrogens is 262 g/mol. The Bertz CT molecular complexity index is 546. The number of aryl methyl sites for hydroxylation is 2. The molecule has 1 fully saturated rings. The topological polar surface area (TPSA) is 104 Å². The molecule has 2 unspecified atom stereocenters. The van der Waals surface area contributed by atoms with Crippen molar-refractivity contribution in [3.05, 3.63) is 23.0 Å². The van der Waals surface area contributed by atoms with Crippen LogP contribution in [0.2, 0.25) is 0 Å². The Morgan fingerprint density at radius 2 is 2.15 bits per heavy atom. The fourth-order valence-corrected chi connectivity index (χ4v) is 2.39. The van der Waals surface area contributed by atoms with Gasteiger partial charge in [0.25, 0.3) is 5.91 Å². The summed E-state index contributed by atoms with van der Waals surface area (Å²) in [7, 11) is 0. The molecule has 108 valence electrons. The van der Waals surface area contributed by atoms with E-state index < -0.39 is 24.0 Å². The molecule has 7 heteroatoms. The molecule has 0 spiro atoms. The van der Waals surface area contributed by atoms with E-state index >= 15 is 0 Å². The number of carbonyl (C=O) groups excluding carboxylic acids is 1. The highest BCUT2D eigenvalue weighted by Gasteiger charge is 2.39. The summed E-state index contributed by atoms with van der Waals surface area (Å²) in [6, 6.07) is 0.619. The van der Waals surface area contributed by atoms with E-state index in [0.717, 1.165) is 0 Å². The Morgan fingerprint density at radius 1 is 1.45 bits per heavy atom. The molecule has 0 saturated carbocycles. The summed E-state index contributed by atoms with van der Waals surface area (Å²) in [6.07, 6.45) is -0.219. The van der Waals surface area contributed by atoms with E-state index in [1.807, 2.05) is 6.92 Å². The highest BCUT2D eigenvalue weighted by atomic mass is 16.4. The van der Waals surface area contributed by atoms with Crippen LogP contribution in [0.4, 0.5) is 0 Å². The van der Waals surface area contributed by atoms with Crippen LogP contribution in [-0.2, 0) is 11.2 Å². The predicted octanol–water partition coefficient (Wildman–Crippen LogP) is 0.00742. The first kappa shape index (κ1) is 14.4. The van der Waals surface area contributed by atoms with Crippen LogP contribution in [0.3, 0.4) is 0 Å². The molecule has 1 aliphatic rings. The highest BCUT2D eigenvalue weighted by molar-refractivity contribution is 5.98. The van der Waals surface area contributed by atoms with Gasteiger partial charge in [-0.3, -0.25) is 4.79 Å². The molecule has 1 aliphatic heterocycles. The summed E-state index contributed by atoms with van der Waals surface area (Å²) >= 11 is 0. The van der Waals surface area contributed by atoms with E-state index in [1.165, 1.54) is 4.90 Å². The minimum Gasteiger partial charge on any atom is -0.480 e. The number of aliphatic hydroxyl groups excluding tert-OH is 1. The Balaban J connectivity index is 2.35. The molecular formula is C13H17N3O4. The fourth-order valence-electron chi connectivity index (χ4n) is 2.39. The van der Waals surface area contributed by atoms with E-state index in [9.17, 15) is 14.7 Å². The van der Waals surface area contributed by atoms with Crippen LogP contribution in [0.15, 0.2) is 6.07 Å². The fraction of sp³-hybridized carbons (Fsp3) is 0.538. The maximum Gasteiger partial charge on any atom is 0.326 e. The first-order chi connectivity index (χ1) is 9.43. The molecule has 1 aromatic heterocycles. The lowest BCUT2D eigenvalue weighted by molar-refractivity contribution is -0.141. The van der Waals surface area contributed by atoms with Crippen LogP contribution < -0.4 is 0 Å². The van der Waals surface area contributed by atoms with Crippen molar-refractivity contribution in [2.45, 2.75) is 38.8 Å². The molecule has 2 N–H and O–H groups in total. The van der Waals surface area contributed by atoms with Crippen LogP contribution in [-0.4, -0.2) is 55.9 Å². The van der Waals surface area contributed by atoms with Gasteiger partial charge in [0.05, 0.1) is 23.1 Å². The number of aromatic nitrogens is 2. The van der Waals surface area contributed by atoms with E-state index in [1.54, 1.807) is 13.0 Å². The molecule has 0 aromatic carbocycles. The number of carbonyl (C=O) groups is 2. The number of aliphatic carboxylic acids is 1. The third-order valence-electron chi connectivity index (χ3n) is 3.38. The van der Waals surface area contributed by atoms with Gasteiger partial charge in [0.2, 0.25) is 0 Å². The third kappa shape index (κ3) is 2.62. The largest absolute Gasteiger partial charge is 0.480 e. The number of carboxylic acid groups (broad SMARTS) is 1. The Labute approximate surface area is 116 Å². The van der Waals surface area contributed by atoms with Crippen LogP contribution >= 0.6 is 0 Å². The summed E-state index contributed by atoms with van der Waals surface area (Å²) in [6.45, 7) is 3.60. The zero-order valence-electron chi connectivity index (χ0n) is 11.4. The number of likely N-dealkylation sites (tertiary alicyclic amines) is 1. The summed E-state index contributed by atoms with van der Waals surface area (Å²) in [5.41, 5.74) is 1.49. The first-order valence-electron chi connectivity index (χ1n) is 6.49. The molecule has 1 aromatic rings. The van der Waals surface area contributed by atoms with Crippen LogP contribution in [0, 0.1) is 6.92 Å². The number of amides is 1. The number of hydrogen-bond donors (Lipinski definition) is 2.